The van der Waals surface area contributed by atoms with Crippen molar-refractivity contribution in [1.29, 1.82) is 0 Å². The van der Waals surface area contributed by atoms with Gasteiger partial charge in [0.1, 0.15) is 0 Å². The molecule has 0 aromatic carbocycles. The molecule has 1 fully saturated rings. The molecule has 1 aliphatic carbocycles. The van der Waals surface area contributed by atoms with Crippen LogP contribution in [0.15, 0.2) is 12.4 Å². The molecule has 0 bridgehead atoms. The number of aromatic nitrogens is 4. The molecule has 136 valence electrons. The van der Waals surface area contributed by atoms with Crippen LogP contribution in [0, 0.1) is 5.92 Å². The van der Waals surface area contributed by atoms with Gasteiger partial charge in [0, 0.05) is 50.1 Å². The van der Waals surface area contributed by atoms with Crippen LogP contribution in [0.2, 0.25) is 5.02 Å². The standard InChI is InChI=1S/C17H24ClN5O2/c1-22-16-2-3-25-10-13(16)15(21-22)7-19-14-4-11(5-17(14)24)8-23-9-12(18)6-20-23/h6,9,11,14,17,19,24H,2-5,7-8,10H2,1H3/t11?,14-,17-/m1/s1. The molecule has 2 aromatic rings. The zero-order valence-corrected chi connectivity index (χ0v) is 15.1. The van der Waals surface area contributed by atoms with Gasteiger partial charge in [-0.3, -0.25) is 9.36 Å². The maximum atomic E-state index is 10.4. The molecular weight excluding hydrogens is 342 g/mol. The van der Waals surface area contributed by atoms with Crippen molar-refractivity contribution in [2.45, 2.75) is 51.1 Å². The van der Waals surface area contributed by atoms with E-state index in [9.17, 15) is 5.11 Å². The van der Waals surface area contributed by atoms with E-state index in [2.05, 4.69) is 15.5 Å². The number of rotatable bonds is 5. The molecule has 3 heterocycles. The van der Waals surface area contributed by atoms with Gasteiger partial charge in [0.25, 0.3) is 0 Å². The second-order valence-electron chi connectivity index (χ2n) is 7.07. The van der Waals surface area contributed by atoms with Crippen LogP contribution >= 0.6 is 11.6 Å². The Morgan fingerprint density at radius 2 is 2.32 bits per heavy atom. The van der Waals surface area contributed by atoms with Crippen LogP contribution in [-0.2, 0) is 37.9 Å². The summed E-state index contributed by atoms with van der Waals surface area (Å²) in [6.45, 7) is 2.85. The molecule has 1 saturated carbocycles. The van der Waals surface area contributed by atoms with Gasteiger partial charge < -0.3 is 15.2 Å². The summed E-state index contributed by atoms with van der Waals surface area (Å²) in [6.07, 6.45) is 5.75. The summed E-state index contributed by atoms with van der Waals surface area (Å²) in [6, 6.07) is 0.0817. The number of fused-ring (bicyclic) bond motifs is 1. The summed E-state index contributed by atoms with van der Waals surface area (Å²) in [5.41, 5.74) is 3.51. The fourth-order valence-corrected chi connectivity index (χ4v) is 4.20. The molecule has 8 heteroatoms. The molecule has 2 N–H and O–H groups in total. The molecule has 0 radical (unpaired) electrons. The van der Waals surface area contributed by atoms with Crippen LogP contribution in [0.4, 0.5) is 0 Å². The summed E-state index contributed by atoms with van der Waals surface area (Å²) >= 11 is 5.92. The monoisotopic (exact) mass is 365 g/mol. The van der Waals surface area contributed by atoms with Gasteiger partial charge in [-0.15, -0.1) is 0 Å². The highest BCUT2D eigenvalue weighted by atomic mass is 35.5. The molecule has 1 unspecified atom stereocenters. The van der Waals surface area contributed by atoms with E-state index in [1.54, 1.807) is 6.20 Å². The van der Waals surface area contributed by atoms with Gasteiger partial charge in [0.05, 0.1) is 36.2 Å². The number of halogens is 1. The van der Waals surface area contributed by atoms with E-state index in [4.69, 9.17) is 16.3 Å². The number of hydrogen-bond donors (Lipinski definition) is 2. The second-order valence-corrected chi connectivity index (χ2v) is 7.51. The van der Waals surface area contributed by atoms with Crippen molar-refractivity contribution in [3.63, 3.8) is 0 Å². The Hall–Kier alpha value is -1.41. The largest absolute Gasteiger partial charge is 0.391 e. The minimum absolute atomic E-state index is 0.0817. The van der Waals surface area contributed by atoms with Gasteiger partial charge in [0.15, 0.2) is 0 Å². The summed E-state index contributed by atoms with van der Waals surface area (Å²) in [7, 11) is 1.99. The number of aliphatic hydroxyl groups is 1. The molecule has 2 aromatic heterocycles. The van der Waals surface area contributed by atoms with E-state index in [0.717, 1.165) is 38.1 Å². The highest BCUT2D eigenvalue weighted by Crippen LogP contribution is 2.28. The van der Waals surface area contributed by atoms with Crippen LogP contribution in [0.25, 0.3) is 0 Å². The number of hydrogen-bond acceptors (Lipinski definition) is 5. The Balaban J connectivity index is 1.35. The smallest absolute Gasteiger partial charge is 0.0820 e. The summed E-state index contributed by atoms with van der Waals surface area (Å²) in [5.74, 6) is 0.393. The lowest BCUT2D eigenvalue weighted by molar-refractivity contribution is 0.108. The topological polar surface area (TPSA) is 77.1 Å². The van der Waals surface area contributed by atoms with Gasteiger partial charge in [-0.1, -0.05) is 11.6 Å². The maximum Gasteiger partial charge on any atom is 0.0820 e. The van der Waals surface area contributed by atoms with E-state index in [0.29, 0.717) is 24.1 Å². The van der Waals surface area contributed by atoms with Crippen LogP contribution in [0.5, 0.6) is 0 Å². The van der Waals surface area contributed by atoms with Crippen molar-refractivity contribution in [3.05, 3.63) is 34.4 Å². The first kappa shape index (κ1) is 17.0. The minimum Gasteiger partial charge on any atom is -0.391 e. The second kappa shape index (κ2) is 7.07. The third kappa shape index (κ3) is 3.60. The number of nitrogens with zero attached hydrogens (tertiary/aromatic N) is 4. The van der Waals surface area contributed by atoms with Crippen molar-refractivity contribution >= 4 is 11.6 Å². The minimum atomic E-state index is -0.341. The van der Waals surface area contributed by atoms with Crippen molar-refractivity contribution in [2.24, 2.45) is 13.0 Å². The Morgan fingerprint density at radius 3 is 3.12 bits per heavy atom. The molecule has 0 amide bonds. The summed E-state index contributed by atoms with van der Waals surface area (Å²) in [5, 5.41) is 23.4. The van der Waals surface area contributed by atoms with Gasteiger partial charge in [-0.05, 0) is 18.8 Å². The van der Waals surface area contributed by atoms with E-state index in [1.165, 1.54) is 11.3 Å². The first-order valence-corrected chi connectivity index (χ1v) is 9.18. The lowest BCUT2D eigenvalue weighted by atomic mass is 10.1. The third-order valence-corrected chi connectivity index (χ3v) is 5.49. The normalized spacial score (nSPS) is 26.1. The molecule has 7 nitrogen and oxygen atoms in total. The zero-order valence-electron chi connectivity index (χ0n) is 14.4. The van der Waals surface area contributed by atoms with E-state index < -0.39 is 0 Å². The van der Waals surface area contributed by atoms with Gasteiger partial charge >= 0.3 is 0 Å². The average Bonchev–Trinajstić information content (AvgIpc) is 3.25. The van der Waals surface area contributed by atoms with Gasteiger partial charge in [0.2, 0.25) is 0 Å². The number of nitrogens with one attached hydrogen (secondary N) is 1. The van der Waals surface area contributed by atoms with Crippen LogP contribution < -0.4 is 5.32 Å². The molecule has 0 spiro atoms. The van der Waals surface area contributed by atoms with Crippen molar-refractivity contribution in [2.75, 3.05) is 6.61 Å². The summed E-state index contributed by atoms with van der Waals surface area (Å²) in [4.78, 5) is 0. The maximum absolute atomic E-state index is 10.4. The fourth-order valence-electron chi connectivity index (χ4n) is 4.05. The van der Waals surface area contributed by atoms with Crippen molar-refractivity contribution in [3.8, 4) is 0 Å². The van der Waals surface area contributed by atoms with Crippen LogP contribution in [0.1, 0.15) is 29.8 Å². The third-order valence-electron chi connectivity index (χ3n) is 5.29. The van der Waals surface area contributed by atoms with E-state index >= 15 is 0 Å². The molecule has 0 saturated heterocycles. The first-order chi connectivity index (χ1) is 12.1. The highest BCUT2D eigenvalue weighted by molar-refractivity contribution is 6.30. The lowest BCUT2D eigenvalue weighted by Crippen LogP contribution is -2.35. The van der Waals surface area contributed by atoms with Crippen LogP contribution in [-0.4, -0.2) is 43.4 Å². The molecule has 3 atom stereocenters. The van der Waals surface area contributed by atoms with E-state index in [-0.39, 0.29) is 12.1 Å². The van der Waals surface area contributed by atoms with Gasteiger partial charge in [-0.25, -0.2) is 0 Å². The molecular formula is C17H24ClN5O2. The Morgan fingerprint density at radius 1 is 1.44 bits per heavy atom. The fraction of sp³-hybridized carbons (Fsp3) is 0.647. The molecule has 1 aliphatic heterocycles. The Bertz CT molecular complexity index is 743. The molecule has 2 aliphatic rings. The predicted molar refractivity (Wildman–Crippen MR) is 93.2 cm³/mol. The van der Waals surface area contributed by atoms with Gasteiger partial charge in [-0.2, -0.15) is 10.2 Å². The van der Waals surface area contributed by atoms with Crippen LogP contribution in [0.3, 0.4) is 0 Å². The number of aryl methyl sites for hydroxylation is 1. The van der Waals surface area contributed by atoms with Crippen molar-refractivity contribution < 1.29 is 9.84 Å². The number of aliphatic hydroxyl groups excluding tert-OH is 1. The Labute approximate surface area is 151 Å². The van der Waals surface area contributed by atoms with Crippen molar-refractivity contribution in [1.82, 2.24) is 24.9 Å². The SMILES string of the molecule is Cn1nc(CN[C@@H]2CC(Cn3cc(Cl)cn3)C[C@H]2O)c2c1CCOC2. The van der Waals surface area contributed by atoms with E-state index in [1.807, 2.05) is 22.6 Å². The quantitative estimate of drug-likeness (QED) is 0.834. The highest BCUT2D eigenvalue weighted by Gasteiger charge is 2.33. The average molecular weight is 366 g/mol. The molecule has 25 heavy (non-hydrogen) atoms. The first-order valence-electron chi connectivity index (χ1n) is 8.81. The Kier molecular flexibility index (Phi) is 4.82. The summed E-state index contributed by atoms with van der Waals surface area (Å²) < 4.78 is 9.40. The zero-order chi connectivity index (χ0) is 17.4. The predicted octanol–water partition coefficient (Wildman–Crippen LogP) is 1.27. The number of ether oxygens (including phenoxy) is 1. The molecule has 4 rings (SSSR count). The lowest BCUT2D eigenvalue weighted by Gasteiger charge is -2.17.